The highest BCUT2D eigenvalue weighted by Gasteiger charge is 2.25. The van der Waals surface area contributed by atoms with Crippen LogP contribution < -0.4 is 0 Å². The average Bonchev–Trinajstić information content (AvgIpc) is 2.20. The van der Waals surface area contributed by atoms with Gasteiger partial charge in [0, 0.05) is 12.6 Å². The second-order valence-electron chi connectivity index (χ2n) is 3.27. The molecule has 1 fully saturated rings. The first-order valence-electron chi connectivity index (χ1n) is 4.10. The Morgan fingerprint density at radius 2 is 2.20 bits per heavy atom. The largest absolute Gasteiger partial charge is 0.395 e. The molecule has 60 valence electrons. The van der Waals surface area contributed by atoms with E-state index in [0.717, 1.165) is 12.5 Å². The smallest absolute Gasteiger partial charge is 0.0558 e. The molecule has 2 heteroatoms. The number of hydrogen-bond acceptors (Lipinski definition) is 2. The first-order valence-corrected chi connectivity index (χ1v) is 4.10. The molecular formula is C8H17NO. The van der Waals surface area contributed by atoms with Crippen molar-refractivity contribution in [2.45, 2.75) is 26.3 Å². The van der Waals surface area contributed by atoms with E-state index in [1.807, 2.05) is 0 Å². The molecule has 1 saturated heterocycles. The summed E-state index contributed by atoms with van der Waals surface area (Å²) in [5, 5.41) is 8.69. The Balaban J connectivity index is 2.33. The molecule has 0 aromatic heterocycles. The van der Waals surface area contributed by atoms with Crippen molar-refractivity contribution in [3.05, 3.63) is 0 Å². The highest BCUT2D eigenvalue weighted by atomic mass is 16.3. The van der Waals surface area contributed by atoms with E-state index in [2.05, 4.69) is 18.7 Å². The van der Waals surface area contributed by atoms with Crippen molar-refractivity contribution in [1.82, 2.24) is 4.90 Å². The summed E-state index contributed by atoms with van der Waals surface area (Å²) in [6, 6.07) is 0.673. The highest BCUT2D eigenvalue weighted by Crippen LogP contribution is 2.22. The Morgan fingerprint density at radius 1 is 1.50 bits per heavy atom. The van der Waals surface area contributed by atoms with Crippen molar-refractivity contribution in [3.63, 3.8) is 0 Å². The molecule has 1 aliphatic rings. The van der Waals surface area contributed by atoms with E-state index in [0.29, 0.717) is 12.6 Å². The van der Waals surface area contributed by atoms with Gasteiger partial charge in [-0.15, -0.1) is 0 Å². The van der Waals surface area contributed by atoms with Gasteiger partial charge in [0.15, 0.2) is 0 Å². The number of aliphatic hydroxyl groups is 1. The van der Waals surface area contributed by atoms with Crippen molar-refractivity contribution in [2.75, 3.05) is 19.7 Å². The lowest BCUT2D eigenvalue weighted by atomic mass is 10.1. The average molecular weight is 143 g/mol. The number of hydrogen-bond donors (Lipinski definition) is 1. The maximum atomic E-state index is 8.69. The maximum absolute atomic E-state index is 8.69. The molecule has 2 atom stereocenters. The summed E-state index contributed by atoms with van der Waals surface area (Å²) in [4.78, 5) is 2.35. The molecule has 0 spiro atoms. The molecule has 2 nitrogen and oxygen atoms in total. The van der Waals surface area contributed by atoms with Gasteiger partial charge in [0.25, 0.3) is 0 Å². The second kappa shape index (κ2) is 3.35. The molecular weight excluding hydrogens is 126 g/mol. The van der Waals surface area contributed by atoms with Crippen LogP contribution in [0, 0.1) is 5.92 Å². The van der Waals surface area contributed by atoms with Crippen LogP contribution in [0.2, 0.25) is 0 Å². The van der Waals surface area contributed by atoms with Gasteiger partial charge in [-0.1, -0.05) is 6.92 Å². The van der Waals surface area contributed by atoms with E-state index >= 15 is 0 Å². The van der Waals surface area contributed by atoms with Crippen LogP contribution in [0.15, 0.2) is 0 Å². The van der Waals surface area contributed by atoms with E-state index in [4.69, 9.17) is 5.11 Å². The fourth-order valence-electron chi connectivity index (χ4n) is 1.62. The third-order valence-corrected chi connectivity index (χ3v) is 2.66. The maximum Gasteiger partial charge on any atom is 0.0558 e. The van der Waals surface area contributed by atoms with Crippen LogP contribution >= 0.6 is 0 Å². The van der Waals surface area contributed by atoms with Crippen molar-refractivity contribution >= 4 is 0 Å². The monoisotopic (exact) mass is 143 g/mol. The van der Waals surface area contributed by atoms with E-state index in [1.54, 1.807) is 0 Å². The Bertz CT molecular complexity index is 103. The zero-order valence-corrected chi connectivity index (χ0v) is 6.88. The van der Waals surface area contributed by atoms with Gasteiger partial charge in [-0.3, -0.25) is 4.90 Å². The van der Waals surface area contributed by atoms with Crippen molar-refractivity contribution < 1.29 is 5.11 Å². The third-order valence-electron chi connectivity index (χ3n) is 2.66. The molecule has 0 saturated carbocycles. The minimum atomic E-state index is 0.303. The van der Waals surface area contributed by atoms with Crippen LogP contribution in [-0.4, -0.2) is 35.7 Å². The van der Waals surface area contributed by atoms with Crippen molar-refractivity contribution in [2.24, 2.45) is 5.92 Å². The van der Waals surface area contributed by atoms with Gasteiger partial charge in [0.05, 0.1) is 6.61 Å². The quantitative estimate of drug-likeness (QED) is 0.615. The molecule has 1 rings (SSSR count). The summed E-state index contributed by atoms with van der Waals surface area (Å²) in [5.74, 6) is 0.812. The Labute approximate surface area is 62.8 Å². The predicted octanol–water partition coefficient (Wildman–Crippen LogP) is 0.709. The molecule has 10 heavy (non-hydrogen) atoms. The van der Waals surface area contributed by atoms with E-state index in [9.17, 15) is 0 Å². The van der Waals surface area contributed by atoms with Gasteiger partial charge in [0.1, 0.15) is 0 Å². The fourth-order valence-corrected chi connectivity index (χ4v) is 1.62. The Morgan fingerprint density at radius 3 is 2.60 bits per heavy atom. The van der Waals surface area contributed by atoms with Crippen LogP contribution in [0.4, 0.5) is 0 Å². The Hall–Kier alpha value is -0.0800. The fraction of sp³-hybridized carbons (Fsp3) is 1.00. The number of rotatable bonds is 2. The van der Waals surface area contributed by atoms with E-state index in [-0.39, 0.29) is 0 Å². The number of β-amino-alcohol motifs (C(OH)–C–C–N with tert-alkyl or cyclic N) is 1. The van der Waals surface area contributed by atoms with Crippen LogP contribution in [0.1, 0.15) is 20.3 Å². The summed E-state index contributed by atoms with van der Waals surface area (Å²) >= 11 is 0. The summed E-state index contributed by atoms with van der Waals surface area (Å²) in [5.41, 5.74) is 0. The minimum Gasteiger partial charge on any atom is -0.395 e. The normalized spacial score (nSPS) is 35.1. The summed E-state index contributed by atoms with van der Waals surface area (Å²) in [6.45, 7) is 6.85. The van der Waals surface area contributed by atoms with Gasteiger partial charge < -0.3 is 5.11 Å². The second-order valence-corrected chi connectivity index (χ2v) is 3.27. The molecule has 1 heterocycles. The van der Waals surface area contributed by atoms with Gasteiger partial charge in [-0.25, -0.2) is 0 Å². The number of likely N-dealkylation sites (tertiary alicyclic amines) is 1. The van der Waals surface area contributed by atoms with Gasteiger partial charge >= 0.3 is 0 Å². The topological polar surface area (TPSA) is 23.5 Å². The SMILES string of the molecule is C[C@@H]1[C@@H](C)CCN1CCO. The highest BCUT2D eigenvalue weighted by molar-refractivity contribution is 4.80. The predicted molar refractivity (Wildman–Crippen MR) is 41.9 cm³/mol. The first kappa shape index (κ1) is 8.02. The molecule has 0 amide bonds. The molecule has 1 aliphatic heterocycles. The van der Waals surface area contributed by atoms with E-state index < -0.39 is 0 Å². The third kappa shape index (κ3) is 1.50. The van der Waals surface area contributed by atoms with Crippen molar-refractivity contribution in [1.29, 1.82) is 0 Å². The number of nitrogens with zero attached hydrogens (tertiary/aromatic N) is 1. The van der Waals surface area contributed by atoms with Gasteiger partial charge in [0.2, 0.25) is 0 Å². The Kier molecular flexibility index (Phi) is 2.69. The lowest BCUT2D eigenvalue weighted by molar-refractivity contribution is 0.182. The zero-order valence-electron chi connectivity index (χ0n) is 6.88. The van der Waals surface area contributed by atoms with Crippen LogP contribution in [0.5, 0.6) is 0 Å². The minimum absolute atomic E-state index is 0.303. The summed E-state index contributed by atoms with van der Waals surface area (Å²) in [6.07, 6.45) is 1.29. The zero-order chi connectivity index (χ0) is 7.56. The number of aliphatic hydroxyl groups excluding tert-OH is 1. The van der Waals surface area contributed by atoms with Gasteiger partial charge in [-0.05, 0) is 25.8 Å². The summed E-state index contributed by atoms with van der Waals surface area (Å²) in [7, 11) is 0. The summed E-state index contributed by atoms with van der Waals surface area (Å²) < 4.78 is 0. The lowest BCUT2D eigenvalue weighted by Crippen LogP contribution is -2.31. The molecule has 0 aromatic rings. The molecule has 1 N–H and O–H groups in total. The standard InChI is InChI=1S/C8H17NO/c1-7-3-4-9(5-6-10)8(7)2/h7-8,10H,3-6H2,1-2H3/t7-,8+/m0/s1. The molecule has 0 aromatic carbocycles. The molecule has 0 radical (unpaired) electrons. The molecule has 0 bridgehead atoms. The molecule has 0 aliphatic carbocycles. The van der Waals surface area contributed by atoms with E-state index in [1.165, 1.54) is 13.0 Å². The van der Waals surface area contributed by atoms with Crippen LogP contribution in [0.25, 0.3) is 0 Å². The lowest BCUT2D eigenvalue weighted by Gasteiger charge is -2.21. The van der Waals surface area contributed by atoms with Crippen LogP contribution in [-0.2, 0) is 0 Å². The van der Waals surface area contributed by atoms with Crippen molar-refractivity contribution in [3.8, 4) is 0 Å². The molecule has 0 unspecified atom stereocenters. The van der Waals surface area contributed by atoms with Gasteiger partial charge in [-0.2, -0.15) is 0 Å². The first-order chi connectivity index (χ1) is 4.75. The van der Waals surface area contributed by atoms with Crippen LogP contribution in [0.3, 0.4) is 0 Å².